The highest BCUT2D eigenvalue weighted by molar-refractivity contribution is 6.35. The maximum atomic E-state index is 9.11. The van der Waals surface area contributed by atoms with Crippen LogP contribution in [0.15, 0.2) is 52.7 Å². The Morgan fingerprint density at radius 1 is 0.765 bits per heavy atom. The number of phenols is 1. The van der Waals surface area contributed by atoms with E-state index in [-0.39, 0.29) is 5.75 Å². The molecule has 0 heterocycles. The van der Waals surface area contributed by atoms with Gasteiger partial charge in [-0.1, -0.05) is 23.2 Å². The summed E-state index contributed by atoms with van der Waals surface area (Å²) >= 11 is 11.7. The average molecular weight is 267 g/mol. The molecule has 2 rings (SSSR count). The monoisotopic (exact) mass is 266 g/mol. The van der Waals surface area contributed by atoms with Gasteiger partial charge in [0.2, 0.25) is 0 Å². The van der Waals surface area contributed by atoms with Gasteiger partial charge in [-0.2, -0.15) is 10.2 Å². The maximum Gasteiger partial charge on any atom is 0.115 e. The quantitative estimate of drug-likeness (QED) is 0.754. The fourth-order valence-electron chi connectivity index (χ4n) is 1.23. The van der Waals surface area contributed by atoms with Crippen LogP contribution in [0, 0.1) is 0 Å². The number of aromatic hydroxyl groups is 1. The Morgan fingerprint density at radius 3 is 1.88 bits per heavy atom. The van der Waals surface area contributed by atoms with Crippen molar-refractivity contribution in [3.05, 3.63) is 52.5 Å². The van der Waals surface area contributed by atoms with Gasteiger partial charge in [-0.25, -0.2) is 0 Å². The van der Waals surface area contributed by atoms with Crippen molar-refractivity contribution in [3.63, 3.8) is 0 Å². The predicted molar refractivity (Wildman–Crippen MR) is 68.7 cm³/mol. The lowest BCUT2D eigenvalue weighted by Crippen LogP contribution is -1.68. The second-order valence-corrected chi connectivity index (χ2v) is 4.22. The average Bonchev–Trinajstić information content (AvgIpc) is 2.27. The second kappa shape index (κ2) is 5.17. The molecule has 0 saturated carbocycles. The topological polar surface area (TPSA) is 45.0 Å². The van der Waals surface area contributed by atoms with E-state index in [9.17, 15) is 0 Å². The summed E-state index contributed by atoms with van der Waals surface area (Å²) in [5.74, 6) is 0.190. The molecule has 2 aromatic rings. The molecule has 0 unspecified atom stereocenters. The lowest BCUT2D eigenvalue weighted by molar-refractivity contribution is 0.475. The Kier molecular flexibility index (Phi) is 3.61. The number of halogens is 2. The molecule has 0 aliphatic heterocycles. The summed E-state index contributed by atoms with van der Waals surface area (Å²) in [5.41, 5.74) is 1.22. The SMILES string of the molecule is Oc1ccc(N=Nc2cc(Cl)cc(Cl)c2)cc1. The van der Waals surface area contributed by atoms with Crippen LogP contribution in [-0.4, -0.2) is 5.11 Å². The lowest BCUT2D eigenvalue weighted by Gasteiger charge is -1.96. The number of nitrogens with zero attached hydrogens (tertiary/aromatic N) is 2. The van der Waals surface area contributed by atoms with Crippen LogP contribution in [0.3, 0.4) is 0 Å². The third-order valence-corrected chi connectivity index (χ3v) is 2.41. The molecule has 0 bridgehead atoms. The van der Waals surface area contributed by atoms with Crippen LogP contribution >= 0.6 is 23.2 Å². The molecule has 1 N–H and O–H groups in total. The minimum atomic E-state index is 0.190. The molecule has 0 aromatic heterocycles. The molecule has 0 saturated heterocycles. The zero-order chi connectivity index (χ0) is 12.3. The molecule has 3 nitrogen and oxygen atoms in total. The zero-order valence-electron chi connectivity index (χ0n) is 8.64. The number of hydrogen-bond donors (Lipinski definition) is 1. The van der Waals surface area contributed by atoms with Gasteiger partial charge >= 0.3 is 0 Å². The van der Waals surface area contributed by atoms with Crippen molar-refractivity contribution in [2.45, 2.75) is 0 Å². The number of hydrogen-bond acceptors (Lipinski definition) is 3. The molecule has 0 fully saturated rings. The minimum absolute atomic E-state index is 0.190. The molecule has 17 heavy (non-hydrogen) atoms. The van der Waals surface area contributed by atoms with Crippen molar-refractivity contribution in [3.8, 4) is 5.75 Å². The lowest BCUT2D eigenvalue weighted by atomic mass is 10.3. The fraction of sp³-hybridized carbons (Fsp3) is 0. The van der Waals surface area contributed by atoms with E-state index >= 15 is 0 Å². The van der Waals surface area contributed by atoms with Crippen LogP contribution in [0.4, 0.5) is 11.4 Å². The van der Waals surface area contributed by atoms with Crippen LogP contribution in [0.2, 0.25) is 10.0 Å². The summed E-state index contributed by atoms with van der Waals surface area (Å²) in [6.45, 7) is 0. The Bertz CT molecular complexity index is 533. The van der Waals surface area contributed by atoms with E-state index < -0.39 is 0 Å². The second-order valence-electron chi connectivity index (χ2n) is 3.34. The highest BCUT2D eigenvalue weighted by Crippen LogP contribution is 2.26. The maximum absolute atomic E-state index is 9.11. The summed E-state index contributed by atoms with van der Waals surface area (Å²) in [7, 11) is 0. The van der Waals surface area contributed by atoms with E-state index in [0.29, 0.717) is 21.4 Å². The Labute approximate surface area is 108 Å². The summed E-state index contributed by atoms with van der Waals surface area (Å²) in [6.07, 6.45) is 0. The molecule has 86 valence electrons. The molecule has 5 heteroatoms. The van der Waals surface area contributed by atoms with Crippen LogP contribution in [-0.2, 0) is 0 Å². The standard InChI is InChI=1S/C12H8Cl2N2O/c13-8-5-9(14)7-11(6-8)16-15-10-1-3-12(17)4-2-10/h1-7,17H. The van der Waals surface area contributed by atoms with Gasteiger partial charge in [-0.15, -0.1) is 0 Å². The molecule has 0 radical (unpaired) electrons. The number of rotatable bonds is 2. The van der Waals surface area contributed by atoms with Gasteiger partial charge in [0.15, 0.2) is 0 Å². The summed E-state index contributed by atoms with van der Waals surface area (Å²) in [5, 5.41) is 18.1. The van der Waals surface area contributed by atoms with Crippen molar-refractivity contribution in [2.75, 3.05) is 0 Å². The van der Waals surface area contributed by atoms with Crippen molar-refractivity contribution >= 4 is 34.6 Å². The van der Waals surface area contributed by atoms with Gasteiger partial charge in [0.1, 0.15) is 5.75 Å². The first kappa shape index (κ1) is 11.9. The van der Waals surface area contributed by atoms with Crippen LogP contribution in [0.5, 0.6) is 5.75 Å². The molecule has 0 aliphatic rings. The summed E-state index contributed by atoms with van der Waals surface area (Å²) < 4.78 is 0. The highest BCUT2D eigenvalue weighted by atomic mass is 35.5. The summed E-state index contributed by atoms with van der Waals surface area (Å²) in [4.78, 5) is 0. The number of benzene rings is 2. The van der Waals surface area contributed by atoms with E-state index in [4.69, 9.17) is 28.3 Å². The summed E-state index contributed by atoms with van der Waals surface area (Å²) in [6, 6.07) is 11.4. The largest absolute Gasteiger partial charge is 0.508 e. The van der Waals surface area contributed by atoms with Crippen molar-refractivity contribution in [1.82, 2.24) is 0 Å². The molecule has 2 aromatic carbocycles. The molecule has 0 aliphatic carbocycles. The first-order valence-electron chi connectivity index (χ1n) is 4.80. The normalized spacial score (nSPS) is 10.9. The number of azo groups is 1. The molecule has 0 atom stereocenters. The van der Waals surface area contributed by atoms with Gasteiger partial charge in [0, 0.05) is 10.0 Å². The van der Waals surface area contributed by atoms with Crippen LogP contribution in [0.1, 0.15) is 0 Å². The molecule has 0 amide bonds. The highest BCUT2D eigenvalue weighted by Gasteiger charge is 1.97. The third-order valence-electron chi connectivity index (χ3n) is 1.98. The van der Waals surface area contributed by atoms with E-state index in [1.165, 1.54) is 0 Å². The van der Waals surface area contributed by atoms with E-state index in [0.717, 1.165) is 0 Å². The Hall–Kier alpha value is -1.58. The smallest absolute Gasteiger partial charge is 0.115 e. The fourth-order valence-corrected chi connectivity index (χ4v) is 1.75. The zero-order valence-corrected chi connectivity index (χ0v) is 10.2. The molecular formula is C12H8Cl2N2O. The first-order chi connectivity index (χ1) is 8.13. The van der Waals surface area contributed by atoms with Crippen molar-refractivity contribution in [1.29, 1.82) is 0 Å². The van der Waals surface area contributed by atoms with Gasteiger partial charge in [0.05, 0.1) is 11.4 Å². The Morgan fingerprint density at radius 2 is 1.29 bits per heavy atom. The van der Waals surface area contributed by atoms with E-state index in [1.54, 1.807) is 42.5 Å². The Balaban J connectivity index is 2.22. The number of phenolic OH excluding ortho intramolecular Hbond substituents is 1. The molecular weight excluding hydrogens is 259 g/mol. The minimum Gasteiger partial charge on any atom is -0.508 e. The predicted octanol–water partition coefficient (Wildman–Crippen LogP) is 5.11. The first-order valence-corrected chi connectivity index (χ1v) is 5.56. The van der Waals surface area contributed by atoms with E-state index in [2.05, 4.69) is 10.2 Å². The van der Waals surface area contributed by atoms with Gasteiger partial charge in [-0.3, -0.25) is 0 Å². The van der Waals surface area contributed by atoms with Crippen molar-refractivity contribution < 1.29 is 5.11 Å². The van der Waals surface area contributed by atoms with Crippen molar-refractivity contribution in [2.24, 2.45) is 10.2 Å². The van der Waals surface area contributed by atoms with Crippen LogP contribution < -0.4 is 0 Å². The van der Waals surface area contributed by atoms with E-state index in [1.807, 2.05) is 0 Å². The third kappa shape index (κ3) is 3.44. The van der Waals surface area contributed by atoms with Gasteiger partial charge in [0.25, 0.3) is 0 Å². The van der Waals surface area contributed by atoms with Gasteiger partial charge in [-0.05, 0) is 42.5 Å². The van der Waals surface area contributed by atoms with Crippen LogP contribution in [0.25, 0.3) is 0 Å². The van der Waals surface area contributed by atoms with Gasteiger partial charge < -0.3 is 5.11 Å². The molecule has 0 spiro atoms.